The molecule has 0 aliphatic carbocycles. The second-order valence-corrected chi connectivity index (χ2v) is 5.84. The molecule has 0 spiro atoms. The van der Waals surface area contributed by atoms with Crippen LogP contribution in [0.1, 0.15) is 43.4 Å². The predicted octanol–water partition coefficient (Wildman–Crippen LogP) is 2.22. The third kappa shape index (κ3) is 4.56. The van der Waals surface area contributed by atoms with E-state index in [0.29, 0.717) is 18.5 Å². The standard InChI is InChI=1S/C17H26N2O3/c1-6-17(22,7-2)10-18-15(20)16(21)19-14-12(4)8-11(3)9-13(14)5/h8-9,22H,6-7,10H2,1-5H3,(H,18,20)(H,19,21). The summed E-state index contributed by atoms with van der Waals surface area (Å²) in [5.74, 6) is -1.45. The fourth-order valence-corrected chi connectivity index (χ4v) is 2.37. The van der Waals surface area contributed by atoms with Crippen molar-refractivity contribution in [3.05, 3.63) is 28.8 Å². The molecule has 0 radical (unpaired) electrons. The average Bonchev–Trinajstić information content (AvgIpc) is 2.47. The van der Waals surface area contributed by atoms with Gasteiger partial charge < -0.3 is 15.7 Å². The summed E-state index contributed by atoms with van der Waals surface area (Å²) in [5.41, 5.74) is 2.63. The summed E-state index contributed by atoms with van der Waals surface area (Å²) in [7, 11) is 0. The van der Waals surface area contributed by atoms with Gasteiger partial charge in [0.05, 0.1) is 5.60 Å². The molecule has 5 heteroatoms. The van der Waals surface area contributed by atoms with Crippen LogP contribution in [0.25, 0.3) is 0 Å². The SMILES string of the molecule is CCC(O)(CC)CNC(=O)C(=O)Nc1c(C)cc(C)cc1C. The molecule has 0 fully saturated rings. The van der Waals surface area contributed by atoms with Crippen molar-refractivity contribution >= 4 is 17.5 Å². The zero-order chi connectivity index (χ0) is 16.9. The Balaban J connectivity index is 2.72. The number of carbonyl (C=O) groups excluding carboxylic acids is 2. The van der Waals surface area contributed by atoms with Gasteiger partial charge in [-0.15, -0.1) is 0 Å². The molecule has 0 bridgehead atoms. The van der Waals surface area contributed by atoms with Crippen LogP contribution in [-0.4, -0.2) is 29.1 Å². The van der Waals surface area contributed by atoms with Gasteiger partial charge in [-0.1, -0.05) is 31.5 Å². The number of aliphatic hydroxyl groups is 1. The first-order chi connectivity index (χ1) is 10.2. The number of carbonyl (C=O) groups is 2. The monoisotopic (exact) mass is 306 g/mol. The predicted molar refractivity (Wildman–Crippen MR) is 87.8 cm³/mol. The van der Waals surface area contributed by atoms with Crippen molar-refractivity contribution < 1.29 is 14.7 Å². The van der Waals surface area contributed by atoms with Crippen molar-refractivity contribution in [2.75, 3.05) is 11.9 Å². The van der Waals surface area contributed by atoms with Crippen molar-refractivity contribution in [2.45, 2.75) is 53.1 Å². The fourth-order valence-electron chi connectivity index (χ4n) is 2.37. The summed E-state index contributed by atoms with van der Waals surface area (Å²) in [6.45, 7) is 9.51. The van der Waals surface area contributed by atoms with E-state index in [1.807, 2.05) is 46.8 Å². The van der Waals surface area contributed by atoms with Crippen molar-refractivity contribution in [1.29, 1.82) is 0 Å². The molecule has 2 amide bonds. The minimum Gasteiger partial charge on any atom is -0.388 e. The minimum atomic E-state index is -0.967. The fraction of sp³-hybridized carbons (Fsp3) is 0.529. The molecule has 0 aliphatic rings. The van der Waals surface area contributed by atoms with Crippen LogP contribution in [0.5, 0.6) is 0 Å². The molecule has 0 aromatic heterocycles. The van der Waals surface area contributed by atoms with Gasteiger partial charge in [-0.2, -0.15) is 0 Å². The van der Waals surface area contributed by atoms with Gasteiger partial charge in [0, 0.05) is 12.2 Å². The van der Waals surface area contributed by atoms with Crippen LogP contribution in [0.3, 0.4) is 0 Å². The molecule has 5 nitrogen and oxygen atoms in total. The van der Waals surface area contributed by atoms with E-state index in [-0.39, 0.29) is 6.54 Å². The number of nitrogens with one attached hydrogen (secondary N) is 2. The summed E-state index contributed by atoms with van der Waals surface area (Å²) in [6.07, 6.45) is 1.03. The van der Waals surface area contributed by atoms with Crippen molar-refractivity contribution in [1.82, 2.24) is 5.32 Å². The summed E-state index contributed by atoms with van der Waals surface area (Å²) >= 11 is 0. The van der Waals surface area contributed by atoms with Crippen LogP contribution >= 0.6 is 0 Å². The summed E-state index contributed by atoms with van der Waals surface area (Å²) in [6, 6.07) is 3.90. The maximum atomic E-state index is 12.0. The number of amides is 2. The first-order valence-corrected chi connectivity index (χ1v) is 7.61. The highest BCUT2D eigenvalue weighted by molar-refractivity contribution is 6.39. The molecule has 0 atom stereocenters. The molecular weight excluding hydrogens is 280 g/mol. The second kappa shape index (κ2) is 7.40. The Morgan fingerprint density at radius 2 is 1.55 bits per heavy atom. The zero-order valence-corrected chi connectivity index (χ0v) is 14.0. The molecule has 0 saturated heterocycles. The molecule has 0 saturated carbocycles. The minimum absolute atomic E-state index is 0.0676. The van der Waals surface area contributed by atoms with Gasteiger partial charge in [-0.05, 0) is 44.7 Å². The van der Waals surface area contributed by atoms with E-state index in [1.54, 1.807) is 0 Å². The number of benzene rings is 1. The highest BCUT2D eigenvalue weighted by Gasteiger charge is 2.25. The summed E-state index contributed by atoms with van der Waals surface area (Å²) in [4.78, 5) is 23.9. The van der Waals surface area contributed by atoms with Crippen LogP contribution in [0.2, 0.25) is 0 Å². The van der Waals surface area contributed by atoms with E-state index in [2.05, 4.69) is 10.6 Å². The lowest BCUT2D eigenvalue weighted by molar-refractivity contribution is -0.136. The average molecular weight is 306 g/mol. The van der Waals surface area contributed by atoms with Gasteiger partial charge in [-0.3, -0.25) is 9.59 Å². The molecule has 1 rings (SSSR count). The lowest BCUT2D eigenvalue weighted by Gasteiger charge is -2.25. The van der Waals surface area contributed by atoms with Gasteiger partial charge in [-0.25, -0.2) is 0 Å². The van der Waals surface area contributed by atoms with Gasteiger partial charge in [0.1, 0.15) is 0 Å². The van der Waals surface area contributed by atoms with Crippen LogP contribution in [0, 0.1) is 20.8 Å². The van der Waals surface area contributed by atoms with E-state index in [1.165, 1.54) is 0 Å². The maximum Gasteiger partial charge on any atom is 0.313 e. The first-order valence-electron chi connectivity index (χ1n) is 7.61. The first kappa shape index (κ1) is 18.2. The molecule has 0 unspecified atom stereocenters. The molecule has 0 aliphatic heterocycles. The highest BCUT2D eigenvalue weighted by atomic mass is 16.3. The zero-order valence-electron chi connectivity index (χ0n) is 14.0. The molecule has 0 heterocycles. The Morgan fingerprint density at radius 3 is 2.00 bits per heavy atom. The quantitative estimate of drug-likeness (QED) is 0.730. The lowest BCUT2D eigenvalue weighted by Crippen LogP contribution is -2.45. The number of anilines is 1. The third-order valence-corrected chi connectivity index (χ3v) is 4.02. The van der Waals surface area contributed by atoms with Crippen LogP contribution in [-0.2, 0) is 9.59 Å². The number of rotatable bonds is 5. The van der Waals surface area contributed by atoms with E-state index in [4.69, 9.17) is 0 Å². The largest absolute Gasteiger partial charge is 0.388 e. The maximum absolute atomic E-state index is 12.0. The third-order valence-electron chi connectivity index (χ3n) is 4.02. The Bertz CT molecular complexity index is 540. The van der Waals surface area contributed by atoms with E-state index < -0.39 is 17.4 Å². The van der Waals surface area contributed by atoms with Crippen molar-refractivity contribution in [3.63, 3.8) is 0 Å². The summed E-state index contributed by atoms with van der Waals surface area (Å²) < 4.78 is 0. The molecular formula is C17H26N2O3. The van der Waals surface area contributed by atoms with Gasteiger partial charge in [0.25, 0.3) is 0 Å². The van der Waals surface area contributed by atoms with E-state index in [9.17, 15) is 14.7 Å². The Kier molecular flexibility index (Phi) is 6.11. The summed E-state index contributed by atoms with van der Waals surface area (Å²) in [5, 5.41) is 15.3. The number of aryl methyl sites for hydroxylation is 3. The normalized spacial score (nSPS) is 11.2. The van der Waals surface area contributed by atoms with Gasteiger partial charge in [0.2, 0.25) is 0 Å². The number of hydrogen-bond donors (Lipinski definition) is 3. The van der Waals surface area contributed by atoms with Crippen LogP contribution in [0.15, 0.2) is 12.1 Å². The highest BCUT2D eigenvalue weighted by Crippen LogP contribution is 2.21. The molecule has 3 N–H and O–H groups in total. The number of hydrogen-bond acceptors (Lipinski definition) is 3. The van der Waals surface area contributed by atoms with Crippen LogP contribution in [0.4, 0.5) is 5.69 Å². The molecule has 1 aromatic carbocycles. The topological polar surface area (TPSA) is 78.4 Å². The lowest BCUT2D eigenvalue weighted by atomic mass is 9.98. The van der Waals surface area contributed by atoms with E-state index >= 15 is 0 Å². The Morgan fingerprint density at radius 1 is 1.05 bits per heavy atom. The molecule has 1 aromatic rings. The smallest absolute Gasteiger partial charge is 0.313 e. The Labute approximate surface area is 132 Å². The van der Waals surface area contributed by atoms with E-state index in [0.717, 1.165) is 16.7 Å². The second-order valence-electron chi connectivity index (χ2n) is 5.84. The van der Waals surface area contributed by atoms with Crippen molar-refractivity contribution in [2.24, 2.45) is 0 Å². The Hall–Kier alpha value is -1.88. The molecule has 122 valence electrons. The van der Waals surface area contributed by atoms with Gasteiger partial charge >= 0.3 is 11.8 Å². The van der Waals surface area contributed by atoms with Crippen LogP contribution < -0.4 is 10.6 Å². The van der Waals surface area contributed by atoms with Gasteiger partial charge in [0.15, 0.2) is 0 Å². The molecule has 22 heavy (non-hydrogen) atoms. The van der Waals surface area contributed by atoms with Crippen molar-refractivity contribution in [3.8, 4) is 0 Å².